The second-order valence-electron chi connectivity index (χ2n) is 5.57. The molecule has 1 saturated carbocycles. The highest BCUT2D eigenvalue weighted by atomic mass is 16.2. The summed E-state index contributed by atoms with van der Waals surface area (Å²) in [5, 5.41) is 6.24. The number of nitrogens with one attached hydrogen (secondary N) is 2. The molecule has 0 aromatic rings. The Hall–Kier alpha value is -1.06. The van der Waals surface area contributed by atoms with Crippen LogP contribution in [-0.2, 0) is 4.79 Å². The van der Waals surface area contributed by atoms with E-state index in [2.05, 4.69) is 22.5 Å². The lowest BCUT2D eigenvalue weighted by Gasteiger charge is -2.24. The minimum Gasteiger partial charge on any atom is -0.342 e. The van der Waals surface area contributed by atoms with Crippen LogP contribution in [0.1, 0.15) is 58.8 Å². The first-order chi connectivity index (χ1) is 8.70. The van der Waals surface area contributed by atoms with E-state index in [4.69, 9.17) is 0 Å². The second kappa shape index (κ2) is 5.72. The van der Waals surface area contributed by atoms with Crippen molar-refractivity contribution in [1.29, 1.82) is 0 Å². The number of hydrogen-bond acceptors (Lipinski definition) is 2. The zero-order valence-electron chi connectivity index (χ0n) is 11.6. The molecule has 18 heavy (non-hydrogen) atoms. The normalized spacial score (nSPS) is 34.4. The lowest BCUT2D eigenvalue weighted by molar-refractivity contribution is -0.124. The molecule has 2 N–H and O–H groups in total. The van der Waals surface area contributed by atoms with Gasteiger partial charge in [0.15, 0.2) is 5.96 Å². The molecule has 2 aliphatic rings. The van der Waals surface area contributed by atoms with Gasteiger partial charge in [-0.1, -0.05) is 32.6 Å². The van der Waals surface area contributed by atoms with Crippen molar-refractivity contribution in [3.63, 3.8) is 0 Å². The summed E-state index contributed by atoms with van der Waals surface area (Å²) in [6.45, 7) is 4.93. The maximum Gasteiger partial charge on any atom is 0.252 e. The van der Waals surface area contributed by atoms with E-state index >= 15 is 0 Å². The molecule has 4 nitrogen and oxygen atoms in total. The number of rotatable bonds is 3. The summed E-state index contributed by atoms with van der Waals surface area (Å²) in [6, 6.07) is 0. The number of carbonyl (C=O) groups is 1. The first-order valence-corrected chi connectivity index (χ1v) is 7.34. The minimum atomic E-state index is -0.365. The number of hydrogen-bond donors (Lipinski definition) is 2. The van der Waals surface area contributed by atoms with Gasteiger partial charge in [0.05, 0.1) is 0 Å². The van der Waals surface area contributed by atoms with E-state index in [1.165, 1.54) is 19.3 Å². The number of carbonyl (C=O) groups excluding carboxylic acids is 1. The largest absolute Gasteiger partial charge is 0.342 e. The average molecular weight is 251 g/mol. The minimum absolute atomic E-state index is 0.131. The molecule has 1 saturated heterocycles. The molecule has 1 aliphatic carbocycles. The van der Waals surface area contributed by atoms with E-state index in [1.54, 1.807) is 0 Å². The van der Waals surface area contributed by atoms with Gasteiger partial charge < -0.3 is 5.32 Å². The van der Waals surface area contributed by atoms with Crippen molar-refractivity contribution in [3.8, 4) is 0 Å². The van der Waals surface area contributed by atoms with E-state index in [1.807, 2.05) is 6.92 Å². The van der Waals surface area contributed by atoms with E-state index < -0.39 is 0 Å². The first-order valence-electron chi connectivity index (χ1n) is 7.34. The van der Waals surface area contributed by atoms with Gasteiger partial charge in [0.1, 0.15) is 5.54 Å². The lowest BCUT2D eigenvalue weighted by atomic mass is 9.89. The smallest absolute Gasteiger partial charge is 0.252 e. The monoisotopic (exact) mass is 251 g/mol. The molecule has 1 aliphatic heterocycles. The third kappa shape index (κ3) is 2.68. The summed E-state index contributed by atoms with van der Waals surface area (Å²) in [5.74, 6) is 1.61. The maximum atomic E-state index is 12.2. The second-order valence-corrected chi connectivity index (χ2v) is 5.57. The number of amides is 1. The molecule has 0 bridgehead atoms. The van der Waals surface area contributed by atoms with Gasteiger partial charge in [0.2, 0.25) is 0 Å². The van der Waals surface area contributed by atoms with Crippen LogP contribution in [0.3, 0.4) is 0 Å². The SMILES string of the molecule is CCCC1CCCC2(CC1)NC(=NCC)NC2=O. The Morgan fingerprint density at radius 3 is 2.89 bits per heavy atom. The van der Waals surface area contributed by atoms with Gasteiger partial charge in [0, 0.05) is 6.54 Å². The van der Waals surface area contributed by atoms with Crippen molar-refractivity contribution in [3.05, 3.63) is 0 Å². The van der Waals surface area contributed by atoms with Crippen molar-refractivity contribution in [2.24, 2.45) is 10.9 Å². The molecule has 2 fully saturated rings. The summed E-state index contributed by atoms with van der Waals surface area (Å²) in [4.78, 5) is 16.5. The van der Waals surface area contributed by atoms with Gasteiger partial charge in [-0.25, -0.2) is 0 Å². The molecule has 2 rings (SSSR count). The topological polar surface area (TPSA) is 53.5 Å². The van der Waals surface area contributed by atoms with Crippen LogP contribution < -0.4 is 10.6 Å². The molecule has 0 aromatic carbocycles. The molecule has 2 unspecified atom stereocenters. The molecule has 1 amide bonds. The fourth-order valence-electron chi connectivity index (χ4n) is 3.24. The predicted octanol–water partition coefficient (Wildman–Crippen LogP) is 2.20. The highest BCUT2D eigenvalue weighted by Crippen LogP contribution is 2.34. The summed E-state index contributed by atoms with van der Waals surface area (Å²) in [6.07, 6.45) is 8.02. The molecule has 1 heterocycles. The van der Waals surface area contributed by atoms with Gasteiger partial charge in [-0.3, -0.25) is 15.1 Å². The molecule has 4 heteroatoms. The van der Waals surface area contributed by atoms with Crippen molar-refractivity contribution >= 4 is 11.9 Å². The van der Waals surface area contributed by atoms with Crippen LogP contribution in [0.5, 0.6) is 0 Å². The Labute approximate surface area is 110 Å². The van der Waals surface area contributed by atoms with Crippen LogP contribution in [-0.4, -0.2) is 24.0 Å². The van der Waals surface area contributed by atoms with Gasteiger partial charge in [0.25, 0.3) is 5.91 Å². The van der Waals surface area contributed by atoms with Crippen molar-refractivity contribution in [2.45, 2.75) is 64.3 Å². The van der Waals surface area contributed by atoms with Crippen molar-refractivity contribution < 1.29 is 4.79 Å². The summed E-state index contributed by atoms with van der Waals surface area (Å²) >= 11 is 0. The van der Waals surface area contributed by atoms with Crippen LogP contribution >= 0.6 is 0 Å². The van der Waals surface area contributed by atoms with Crippen molar-refractivity contribution in [1.82, 2.24) is 10.6 Å². The van der Waals surface area contributed by atoms with E-state index in [0.717, 1.165) is 31.6 Å². The lowest BCUT2D eigenvalue weighted by Crippen LogP contribution is -2.46. The molecule has 0 aromatic heterocycles. The summed E-state index contributed by atoms with van der Waals surface area (Å²) < 4.78 is 0. The van der Waals surface area contributed by atoms with Crippen LogP contribution in [0.15, 0.2) is 4.99 Å². The molecule has 2 atom stereocenters. The molecule has 0 radical (unpaired) electrons. The van der Waals surface area contributed by atoms with Gasteiger partial charge in [-0.2, -0.15) is 0 Å². The Kier molecular flexibility index (Phi) is 4.25. The van der Waals surface area contributed by atoms with Crippen LogP contribution in [0, 0.1) is 5.92 Å². The van der Waals surface area contributed by atoms with Crippen LogP contribution in [0.25, 0.3) is 0 Å². The highest BCUT2D eigenvalue weighted by Gasteiger charge is 2.45. The van der Waals surface area contributed by atoms with Gasteiger partial charge in [-0.15, -0.1) is 0 Å². The third-order valence-corrected chi connectivity index (χ3v) is 4.23. The third-order valence-electron chi connectivity index (χ3n) is 4.23. The summed E-state index contributed by atoms with van der Waals surface area (Å²) in [5.41, 5.74) is -0.365. The Morgan fingerprint density at radius 1 is 1.33 bits per heavy atom. The number of guanidine groups is 1. The molecule has 102 valence electrons. The first kappa shape index (κ1) is 13.4. The molecule has 1 spiro atoms. The van der Waals surface area contributed by atoms with Gasteiger partial charge in [-0.05, 0) is 32.1 Å². The fourth-order valence-corrected chi connectivity index (χ4v) is 3.24. The Bertz CT molecular complexity index is 340. The zero-order valence-corrected chi connectivity index (χ0v) is 11.6. The standard InChI is InChI=1S/C14H25N3O/c1-3-6-11-7-5-9-14(10-8-11)12(18)16-13(17-14)15-4-2/h11H,3-10H2,1-2H3,(H2,15,16,17,18). The number of nitrogens with zero attached hydrogens (tertiary/aromatic N) is 1. The van der Waals surface area contributed by atoms with E-state index in [-0.39, 0.29) is 11.4 Å². The summed E-state index contributed by atoms with van der Waals surface area (Å²) in [7, 11) is 0. The highest BCUT2D eigenvalue weighted by molar-refractivity contribution is 6.09. The number of aliphatic imine (C=N–C) groups is 1. The predicted molar refractivity (Wildman–Crippen MR) is 73.5 cm³/mol. The van der Waals surface area contributed by atoms with Crippen molar-refractivity contribution in [2.75, 3.05) is 6.54 Å². The van der Waals surface area contributed by atoms with Crippen LogP contribution in [0.4, 0.5) is 0 Å². The van der Waals surface area contributed by atoms with E-state index in [0.29, 0.717) is 12.5 Å². The zero-order chi connectivity index (χ0) is 13.0. The van der Waals surface area contributed by atoms with Crippen LogP contribution in [0.2, 0.25) is 0 Å². The molecular formula is C14H25N3O. The fraction of sp³-hybridized carbons (Fsp3) is 0.857. The average Bonchev–Trinajstić information content (AvgIpc) is 2.52. The Morgan fingerprint density at radius 2 is 2.17 bits per heavy atom. The Balaban J connectivity index is 2.04. The maximum absolute atomic E-state index is 12.2. The molecular weight excluding hydrogens is 226 g/mol. The van der Waals surface area contributed by atoms with E-state index in [9.17, 15) is 4.79 Å². The van der Waals surface area contributed by atoms with Gasteiger partial charge >= 0.3 is 0 Å². The quantitative estimate of drug-likeness (QED) is 0.808.